The maximum Gasteiger partial charge on any atom is 0.242 e. The number of hydrogen-bond acceptors (Lipinski definition) is 1. The van der Waals surface area contributed by atoms with Gasteiger partial charge in [0.15, 0.2) is 6.54 Å². The fourth-order valence-electron chi connectivity index (χ4n) is 1.59. The van der Waals surface area contributed by atoms with E-state index in [0.29, 0.717) is 0 Å². The first-order chi connectivity index (χ1) is 6.42. The minimum Gasteiger partial charge on any atom is -0.223 e. The zero-order chi connectivity index (χ0) is 9.10. The van der Waals surface area contributed by atoms with E-state index in [2.05, 4.69) is 41.8 Å². The van der Waals surface area contributed by atoms with Crippen LogP contribution in [0.2, 0.25) is 0 Å². The van der Waals surface area contributed by atoms with Gasteiger partial charge in [-0.2, -0.15) is 0 Å². The van der Waals surface area contributed by atoms with Crippen LogP contribution in [0.25, 0.3) is 0 Å². The van der Waals surface area contributed by atoms with Gasteiger partial charge >= 0.3 is 0 Å². The molecule has 0 spiro atoms. The molecule has 68 valence electrons. The van der Waals surface area contributed by atoms with Crippen molar-refractivity contribution < 1.29 is 4.58 Å². The molecule has 0 N–H and O–H groups in total. The van der Waals surface area contributed by atoms with Gasteiger partial charge in [0.1, 0.15) is 6.54 Å². The molecule has 0 radical (unpaired) electrons. The fraction of sp³-hybridized carbons (Fsp3) is 0.364. The van der Waals surface area contributed by atoms with E-state index in [9.17, 15) is 0 Å². The third-order valence-corrected chi connectivity index (χ3v) is 3.44. The minimum absolute atomic E-state index is 1.12. The normalized spacial score (nSPS) is 16.7. The first-order valence-electron chi connectivity index (χ1n) is 4.72. The van der Waals surface area contributed by atoms with Crippen molar-refractivity contribution in [3.8, 4) is 0 Å². The monoisotopic (exact) mass is 192 g/mol. The van der Waals surface area contributed by atoms with Crippen LogP contribution >= 0.6 is 11.8 Å². The van der Waals surface area contributed by atoms with Crippen LogP contribution in [0, 0.1) is 0 Å². The van der Waals surface area contributed by atoms with Crippen molar-refractivity contribution in [2.24, 2.45) is 0 Å². The zero-order valence-corrected chi connectivity index (χ0v) is 8.68. The summed E-state index contributed by atoms with van der Waals surface area (Å²) >= 11 is 1.97. The Morgan fingerprint density at radius 1 is 1.31 bits per heavy atom. The molecule has 1 heterocycles. The van der Waals surface area contributed by atoms with Gasteiger partial charge in [-0.05, 0) is 19.1 Å². The number of hydrogen-bond donors (Lipinski definition) is 0. The molecule has 0 unspecified atom stereocenters. The van der Waals surface area contributed by atoms with Gasteiger partial charge in [-0.15, -0.1) is 0 Å². The number of nitrogens with zero attached hydrogens (tertiary/aromatic N) is 1. The average Bonchev–Trinajstić information content (AvgIpc) is 2.67. The summed E-state index contributed by atoms with van der Waals surface area (Å²) in [6.45, 7) is 4.54. The van der Waals surface area contributed by atoms with Crippen molar-refractivity contribution in [2.75, 3.05) is 18.8 Å². The summed E-state index contributed by atoms with van der Waals surface area (Å²) < 4.78 is 2.44. The van der Waals surface area contributed by atoms with Gasteiger partial charge in [0, 0.05) is 0 Å². The zero-order valence-electron chi connectivity index (χ0n) is 7.86. The second kappa shape index (κ2) is 3.97. The van der Waals surface area contributed by atoms with Gasteiger partial charge < -0.3 is 0 Å². The SMILES string of the molecule is CC[N+]1=C(c2ccccc2)SCC1. The predicted molar refractivity (Wildman–Crippen MR) is 58.7 cm³/mol. The molecule has 0 atom stereocenters. The second-order valence-electron chi connectivity index (χ2n) is 3.10. The predicted octanol–water partition coefficient (Wildman–Crippen LogP) is 2.21. The van der Waals surface area contributed by atoms with E-state index >= 15 is 0 Å². The van der Waals surface area contributed by atoms with Crippen molar-refractivity contribution in [3.05, 3.63) is 35.9 Å². The molecule has 0 saturated carbocycles. The number of benzene rings is 1. The summed E-state index contributed by atoms with van der Waals surface area (Å²) in [5, 5.41) is 1.45. The van der Waals surface area contributed by atoms with Crippen LogP contribution in [0.3, 0.4) is 0 Å². The molecule has 1 nitrogen and oxygen atoms in total. The Morgan fingerprint density at radius 3 is 2.77 bits per heavy atom. The Balaban J connectivity index is 2.35. The summed E-state index contributed by atoms with van der Waals surface area (Å²) in [6.07, 6.45) is 0. The topological polar surface area (TPSA) is 3.01 Å². The van der Waals surface area contributed by atoms with Gasteiger partial charge in [0.2, 0.25) is 5.04 Å². The molecule has 0 aliphatic carbocycles. The van der Waals surface area contributed by atoms with Crippen molar-refractivity contribution in [2.45, 2.75) is 6.92 Å². The largest absolute Gasteiger partial charge is 0.242 e. The summed E-state index contributed by atoms with van der Waals surface area (Å²) in [4.78, 5) is 0. The van der Waals surface area contributed by atoms with Crippen LogP contribution in [0.4, 0.5) is 0 Å². The Hall–Kier alpha value is -0.760. The summed E-state index contributed by atoms with van der Waals surface area (Å²) in [5.74, 6) is 1.23. The quantitative estimate of drug-likeness (QED) is 0.649. The van der Waals surface area contributed by atoms with E-state index in [1.807, 2.05) is 11.8 Å². The highest BCUT2D eigenvalue weighted by Gasteiger charge is 2.22. The molecule has 0 amide bonds. The maximum absolute atomic E-state index is 2.44. The highest BCUT2D eigenvalue weighted by atomic mass is 32.2. The molecule has 13 heavy (non-hydrogen) atoms. The smallest absolute Gasteiger partial charge is 0.223 e. The van der Waals surface area contributed by atoms with E-state index in [4.69, 9.17) is 0 Å². The minimum atomic E-state index is 1.12. The van der Waals surface area contributed by atoms with E-state index < -0.39 is 0 Å². The summed E-state index contributed by atoms with van der Waals surface area (Å²) in [7, 11) is 0. The summed E-state index contributed by atoms with van der Waals surface area (Å²) in [5.41, 5.74) is 1.37. The Morgan fingerprint density at radius 2 is 2.08 bits per heavy atom. The van der Waals surface area contributed by atoms with Gasteiger partial charge in [-0.3, -0.25) is 0 Å². The lowest BCUT2D eigenvalue weighted by atomic mass is 10.2. The van der Waals surface area contributed by atoms with E-state index in [1.165, 1.54) is 22.9 Å². The first kappa shape index (κ1) is 8.82. The lowest BCUT2D eigenvalue weighted by molar-refractivity contribution is -0.513. The van der Waals surface area contributed by atoms with Crippen molar-refractivity contribution in [3.63, 3.8) is 0 Å². The van der Waals surface area contributed by atoms with Gasteiger partial charge in [0.25, 0.3) is 0 Å². The third kappa shape index (κ3) is 1.78. The van der Waals surface area contributed by atoms with Crippen molar-refractivity contribution in [1.82, 2.24) is 0 Å². The van der Waals surface area contributed by atoms with E-state index in [-0.39, 0.29) is 0 Å². The molecule has 1 aliphatic heterocycles. The van der Waals surface area contributed by atoms with Crippen LogP contribution in [0.5, 0.6) is 0 Å². The lowest BCUT2D eigenvalue weighted by Gasteiger charge is -1.97. The number of rotatable bonds is 2. The van der Waals surface area contributed by atoms with E-state index in [0.717, 1.165) is 6.54 Å². The molecule has 0 saturated heterocycles. The highest BCUT2D eigenvalue weighted by molar-refractivity contribution is 8.14. The van der Waals surface area contributed by atoms with Gasteiger partial charge in [0.05, 0.1) is 11.3 Å². The molecular weight excluding hydrogens is 178 g/mol. The molecule has 0 bridgehead atoms. The van der Waals surface area contributed by atoms with Crippen molar-refractivity contribution >= 4 is 16.8 Å². The van der Waals surface area contributed by atoms with Crippen LogP contribution in [-0.4, -0.2) is 28.5 Å². The van der Waals surface area contributed by atoms with Crippen LogP contribution in [0.15, 0.2) is 30.3 Å². The molecule has 1 aliphatic rings. The second-order valence-corrected chi connectivity index (χ2v) is 4.18. The molecule has 0 fully saturated rings. The van der Waals surface area contributed by atoms with Crippen LogP contribution in [0.1, 0.15) is 12.5 Å². The van der Waals surface area contributed by atoms with Crippen molar-refractivity contribution in [1.29, 1.82) is 0 Å². The lowest BCUT2D eigenvalue weighted by Crippen LogP contribution is -2.14. The van der Waals surface area contributed by atoms with E-state index in [1.54, 1.807) is 0 Å². The van der Waals surface area contributed by atoms with Gasteiger partial charge in [-0.1, -0.05) is 30.0 Å². The maximum atomic E-state index is 2.44. The molecule has 2 heteroatoms. The average molecular weight is 192 g/mol. The highest BCUT2D eigenvalue weighted by Crippen LogP contribution is 2.18. The molecule has 1 aromatic rings. The molecule has 1 aromatic carbocycles. The van der Waals surface area contributed by atoms with Gasteiger partial charge in [-0.25, -0.2) is 4.58 Å². The Bertz CT molecular complexity index is 316. The summed E-state index contributed by atoms with van der Waals surface area (Å²) in [6, 6.07) is 10.7. The Labute approximate surface area is 83.5 Å². The molecular formula is C11H14NS+. The first-order valence-corrected chi connectivity index (χ1v) is 5.70. The Kier molecular flexibility index (Phi) is 2.69. The third-order valence-electron chi connectivity index (χ3n) is 2.29. The van der Waals surface area contributed by atoms with Crippen LogP contribution < -0.4 is 0 Å². The van der Waals surface area contributed by atoms with Crippen LogP contribution in [-0.2, 0) is 0 Å². The molecule has 2 rings (SSSR count). The number of thioether (sulfide) groups is 1. The standard InChI is InChI=1S/C11H14NS/c1-2-12-8-9-13-11(12)10-6-4-3-5-7-10/h3-7H,2,8-9H2,1H3/q+1. The fourth-order valence-corrected chi connectivity index (χ4v) is 2.80. The molecule has 0 aromatic heterocycles.